The van der Waals surface area contributed by atoms with E-state index in [1.165, 1.54) is 4.90 Å². The molecule has 1 unspecified atom stereocenters. The van der Waals surface area contributed by atoms with Gasteiger partial charge in [0.05, 0.1) is 12.6 Å². The second kappa shape index (κ2) is 6.81. The van der Waals surface area contributed by atoms with Crippen molar-refractivity contribution in [2.75, 3.05) is 20.1 Å². The second-order valence-corrected chi connectivity index (χ2v) is 4.88. The summed E-state index contributed by atoms with van der Waals surface area (Å²) in [4.78, 5) is 1.54. The molecule has 2 nitrogen and oxygen atoms in total. The van der Waals surface area contributed by atoms with Crippen molar-refractivity contribution in [3.63, 3.8) is 0 Å². The Morgan fingerprint density at radius 3 is 2.22 bits per heavy atom. The number of halogens is 2. The molecular formula is C14H21F2NO. The third-order valence-corrected chi connectivity index (χ3v) is 2.86. The number of alkyl halides is 2. The van der Waals surface area contributed by atoms with Crippen molar-refractivity contribution >= 4 is 0 Å². The van der Waals surface area contributed by atoms with Gasteiger partial charge in [0.25, 0.3) is 6.43 Å². The third-order valence-electron chi connectivity index (χ3n) is 2.86. The molecule has 4 heteroatoms. The third kappa shape index (κ3) is 5.10. The molecule has 1 atom stereocenters. The summed E-state index contributed by atoms with van der Waals surface area (Å²) in [6.45, 7) is 4.16. The highest BCUT2D eigenvalue weighted by Gasteiger charge is 2.12. The fraction of sp³-hybridized carbons (Fsp3) is 0.571. The fourth-order valence-corrected chi connectivity index (χ4v) is 2.04. The van der Waals surface area contributed by atoms with Gasteiger partial charge in [-0.1, -0.05) is 29.3 Å². The number of aliphatic hydroxyl groups is 1. The summed E-state index contributed by atoms with van der Waals surface area (Å²) in [5, 5.41) is 10.0. The molecule has 0 bridgehead atoms. The lowest BCUT2D eigenvalue weighted by Gasteiger charge is -2.19. The Bertz CT molecular complexity index is 362. The number of nitrogens with zero attached hydrogens (tertiary/aromatic N) is 1. The zero-order chi connectivity index (χ0) is 13.7. The largest absolute Gasteiger partial charge is 0.388 e. The van der Waals surface area contributed by atoms with Crippen LogP contribution in [0.5, 0.6) is 0 Å². The average Bonchev–Trinajstić information content (AvgIpc) is 2.23. The average molecular weight is 257 g/mol. The molecule has 0 radical (unpaired) electrons. The van der Waals surface area contributed by atoms with E-state index < -0.39 is 12.5 Å². The summed E-state index contributed by atoms with van der Waals surface area (Å²) in [5.41, 5.74) is 3.06. The van der Waals surface area contributed by atoms with Crippen LogP contribution in [0.1, 0.15) is 29.2 Å². The van der Waals surface area contributed by atoms with Gasteiger partial charge in [0.15, 0.2) is 0 Å². The van der Waals surface area contributed by atoms with Crippen LogP contribution in [0.2, 0.25) is 0 Å². The maximum atomic E-state index is 12.1. The van der Waals surface area contributed by atoms with E-state index in [0.29, 0.717) is 13.0 Å². The van der Waals surface area contributed by atoms with E-state index in [-0.39, 0.29) is 6.54 Å². The van der Waals surface area contributed by atoms with Crippen LogP contribution in [-0.2, 0) is 0 Å². The summed E-state index contributed by atoms with van der Waals surface area (Å²) < 4.78 is 24.3. The van der Waals surface area contributed by atoms with Crippen LogP contribution < -0.4 is 0 Å². The van der Waals surface area contributed by atoms with Gasteiger partial charge in [-0.15, -0.1) is 0 Å². The van der Waals surface area contributed by atoms with E-state index in [2.05, 4.69) is 0 Å². The maximum Gasteiger partial charge on any atom is 0.251 e. The number of aliphatic hydroxyl groups excluding tert-OH is 1. The van der Waals surface area contributed by atoms with Gasteiger partial charge in [0, 0.05) is 6.54 Å². The van der Waals surface area contributed by atoms with Crippen LogP contribution in [0.15, 0.2) is 18.2 Å². The first-order valence-corrected chi connectivity index (χ1v) is 6.11. The predicted octanol–water partition coefficient (Wildman–Crippen LogP) is 2.92. The SMILES string of the molecule is Cc1cc(C)cc(C(O)CCN(C)CC(F)F)c1. The zero-order valence-corrected chi connectivity index (χ0v) is 11.2. The van der Waals surface area contributed by atoms with Gasteiger partial charge in [-0.3, -0.25) is 0 Å². The molecule has 18 heavy (non-hydrogen) atoms. The van der Waals surface area contributed by atoms with Gasteiger partial charge < -0.3 is 10.0 Å². The zero-order valence-electron chi connectivity index (χ0n) is 11.2. The number of hydrogen-bond acceptors (Lipinski definition) is 2. The van der Waals surface area contributed by atoms with Crippen molar-refractivity contribution in [3.05, 3.63) is 34.9 Å². The van der Waals surface area contributed by atoms with Gasteiger partial charge in [-0.2, -0.15) is 0 Å². The predicted molar refractivity (Wildman–Crippen MR) is 69.0 cm³/mol. The summed E-state index contributed by atoms with van der Waals surface area (Å²) in [5.74, 6) is 0. The number of hydrogen-bond donors (Lipinski definition) is 1. The molecule has 0 aliphatic heterocycles. The van der Waals surface area contributed by atoms with E-state index in [9.17, 15) is 13.9 Å². The molecule has 0 aliphatic carbocycles. The van der Waals surface area contributed by atoms with Gasteiger partial charge in [-0.05, 0) is 32.9 Å². The van der Waals surface area contributed by atoms with Gasteiger partial charge >= 0.3 is 0 Å². The van der Waals surface area contributed by atoms with Gasteiger partial charge in [0.2, 0.25) is 0 Å². The highest BCUT2D eigenvalue weighted by Crippen LogP contribution is 2.20. The lowest BCUT2D eigenvalue weighted by Crippen LogP contribution is -2.26. The first-order valence-electron chi connectivity index (χ1n) is 6.11. The highest BCUT2D eigenvalue weighted by atomic mass is 19.3. The van der Waals surface area contributed by atoms with E-state index in [0.717, 1.165) is 16.7 Å². The topological polar surface area (TPSA) is 23.5 Å². The summed E-state index contributed by atoms with van der Waals surface area (Å²) in [6.07, 6.45) is -2.45. The number of rotatable bonds is 6. The fourth-order valence-electron chi connectivity index (χ4n) is 2.04. The standard InChI is InChI=1S/C14H21F2NO/c1-10-6-11(2)8-12(7-10)13(18)4-5-17(3)9-14(15)16/h6-8,13-14,18H,4-5,9H2,1-3H3. The number of benzene rings is 1. The normalized spacial score (nSPS) is 13.3. The van der Waals surface area contributed by atoms with Crippen molar-refractivity contribution in [3.8, 4) is 0 Å². The van der Waals surface area contributed by atoms with Crippen LogP contribution in [-0.4, -0.2) is 36.6 Å². The van der Waals surface area contributed by atoms with Gasteiger partial charge in [0.1, 0.15) is 0 Å². The maximum absolute atomic E-state index is 12.1. The Hall–Kier alpha value is -1.00. The van der Waals surface area contributed by atoms with Crippen LogP contribution in [0.25, 0.3) is 0 Å². The molecule has 1 N–H and O–H groups in total. The Morgan fingerprint density at radius 2 is 1.72 bits per heavy atom. The van der Waals surface area contributed by atoms with Crippen LogP contribution >= 0.6 is 0 Å². The van der Waals surface area contributed by atoms with E-state index >= 15 is 0 Å². The molecule has 0 aromatic heterocycles. The minimum absolute atomic E-state index is 0.250. The molecule has 0 fully saturated rings. The minimum atomic E-state index is -2.33. The molecule has 0 amide bonds. The summed E-state index contributed by atoms with van der Waals surface area (Å²) in [6, 6.07) is 5.91. The van der Waals surface area contributed by atoms with Crippen molar-refractivity contribution in [1.82, 2.24) is 4.90 Å². The molecular weight excluding hydrogens is 236 g/mol. The Balaban J connectivity index is 2.52. The monoisotopic (exact) mass is 257 g/mol. The Kier molecular flexibility index (Phi) is 5.69. The van der Waals surface area contributed by atoms with Gasteiger partial charge in [-0.25, -0.2) is 8.78 Å². The van der Waals surface area contributed by atoms with Crippen LogP contribution in [0.3, 0.4) is 0 Å². The molecule has 0 saturated heterocycles. The van der Waals surface area contributed by atoms with Crippen molar-refractivity contribution < 1.29 is 13.9 Å². The van der Waals surface area contributed by atoms with E-state index in [1.54, 1.807) is 7.05 Å². The van der Waals surface area contributed by atoms with E-state index in [4.69, 9.17) is 0 Å². The molecule has 1 rings (SSSR count). The quantitative estimate of drug-likeness (QED) is 0.847. The molecule has 0 spiro atoms. The van der Waals surface area contributed by atoms with Crippen molar-refractivity contribution in [2.45, 2.75) is 32.8 Å². The Morgan fingerprint density at radius 1 is 1.17 bits per heavy atom. The lowest BCUT2D eigenvalue weighted by atomic mass is 10.0. The highest BCUT2D eigenvalue weighted by molar-refractivity contribution is 5.29. The molecule has 102 valence electrons. The first kappa shape index (κ1) is 15.1. The lowest BCUT2D eigenvalue weighted by molar-refractivity contribution is 0.0874. The molecule has 1 aromatic carbocycles. The van der Waals surface area contributed by atoms with E-state index in [1.807, 2.05) is 32.0 Å². The molecule has 1 aromatic rings. The molecule has 0 saturated carbocycles. The Labute approximate surface area is 107 Å². The molecule has 0 aliphatic rings. The van der Waals surface area contributed by atoms with Crippen LogP contribution in [0, 0.1) is 13.8 Å². The summed E-state index contributed by atoms with van der Waals surface area (Å²) >= 11 is 0. The van der Waals surface area contributed by atoms with Crippen LogP contribution in [0.4, 0.5) is 8.78 Å². The van der Waals surface area contributed by atoms with Crippen molar-refractivity contribution in [1.29, 1.82) is 0 Å². The first-order chi connectivity index (χ1) is 8.38. The smallest absolute Gasteiger partial charge is 0.251 e. The minimum Gasteiger partial charge on any atom is -0.388 e. The number of aryl methyl sites for hydroxylation is 2. The second-order valence-electron chi connectivity index (χ2n) is 4.88. The van der Waals surface area contributed by atoms with Crippen molar-refractivity contribution in [2.24, 2.45) is 0 Å². The molecule has 0 heterocycles. The summed E-state index contributed by atoms with van der Waals surface area (Å²) in [7, 11) is 1.64.